The number of carboxylic acid groups (broad SMARTS) is 2. The molecular weight excluding hydrogens is 364 g/mol. The van der Waals surface area contributed by atoms with Crippen molar-refractivity contribution in [2.45, 2.75) is 6.54 Å². The lowest BCUT2D eigenvalue weighted by Crippen LogP contribution is -2.22. The van der Waals surface area contributed by atoms with E-state index in [2.05, 4.69) is 15.3 Å². The van der Waals surface area contributed by atoms with E-state index in [9.17, 15) is 19.5 Å². The molecule has 0 saturated carbocycles. The quantitative estimate of drug-likeness (QED) is 0.622. The van der Waals surface area contributed by atoms with Crippen LogP contribution >= 0.6 is 11.6 Å². The number of hydrogen-bond acceptors (Lipinski definition) is 5. The maximum absolute atomic E-state index is 12.3. The molecule has 2 heterocycles. The van der Waals surface area contributed by atoms with E-state index in [0.29, 0.717) is 5.02 Å². The Balaban J connectivity index is 1.96. The van der Waals surface area contributed by atoms with E-state index in [-0.39, 0.29) is 34.8 Å². The molecule has 3 N–H and O–H groups in total. The number of anilines is 1. The Bertz CT molecular complexity index is 1030. The van der Waals surface area contributed by atoms with Gasteiger partial charge in [-0.15, -0.1) is 0 Å². The number of halogens is 1. The van der Waals surface area contributed by atoms with Gasteiger partial charge >= 0.3 is 11.9 Å². The summed E-state index contributed by atoms with van der Waals surface area (Å²) in [5.41, 5.74) is 0.446. The second-order valence-electron chi connectivity index (χ2n) is 5.25. The van der Waals surface area contributed by atoms with Gasteiger partial charge in [0, 0.05) is 6.20 Å². The van der Waals surface area contributed by atoms with Gasteiger partial charge in [-0.25, -0.2) is 19.6 Å². The smallest absolute Gasteiger partial charge is 0.372 e. The van der Waals surface area contributed by atoms with Crippen molar-refractivity contribution >= 4 is 46.3 Å². The number of amides is 1. The Labute approximate surface area is 150 Å². The van der Waals surface area contributed by atoms with Gasteiger partial charge in [-0.2, -0.15) is 0 Å². The predicted octanol–water partition coefficient (Wildman–Crippen LogP) is 2.12. The van der Waals surface area contributed by atoms with Crippen molar-refractivity contribution in [3.8, 4) is 0 Å². The summed E-state index contributed by atoms with van der Waals surface area (Å²) in [5.74, 6) is -3.20. The highest BCUT2D eigenvalue weighted by Crippen LogP contribution is 2.19. The van der Waals surface area contributed by atoms with Crippen LogP contribution in [0.2, 0.25) is 5.02 Å². The Morgan fingerprint density at radius 3 is 2.50 bits per heavy atom. The maximum Gasteiger partial charge on any atom is 0.372 e. The van der Waals surface area contributed by atoms with Crippen LogP contribution in [0.15, 0.2) is 36.5 Å². The van der Waals surface area contributed by atoms with Gasteiger partial charge in [0.05, 0.1) is 21.6 Å². The standard InChI is InChI=1S/C16H11ClN4O5/c17-9-2-4-12(18-6-9)20-13(22)7-21-11-5-8(15(23)24)1-3-10(11)19-14(21)16(25)26/h1-6H,7H2,(H,23,24)(H,25,26)(H,18,20,22). The molecule has 0 aliphatic carbocycles. The maximum atomic E-state index is 12.3. The minimum atomic E-state index is -1.34. The molecule has 0 atom stereocenters. The zero-order valence-electron chi connectivity index (χ0n) is 13.0. The molecule has 0 fully saturated rings. The van der Waals surface area contributed by atoms with Crippen LogP contribution in [0.4, 0.5) is 5.82 Å². The Morgan fingerprint density at radius 1 is 1.12 bits per heavy atom. The molecule has 0 radical (unpaired) electrons. The van der Waals surface area contributed by atoms with Crippen LogP contribution in [0.25, 0.3) is 11.0 Å². The topological polar surface area (TPSA) is 134 Å². The van der Waals surface area contributed by atoms with Crippen LogP contribution in [0.3, 0.4) is 0 Å². The van der Waals surface area contributed by atoms with Crippen molar-refractivity contribution in [2.24, 2.45) is 0 Å². The molecular formula is C16H11ClN4O5. The second kappa shape index (κ2) is 6.81. The highest BCUT2D eigenvalue weighted by atomic mass is 35.5. The normalized spacial score (nSPS) is 10.7. The van der Waals surface area contributed by atoms with E-state index in [0.717, 1.165) is 4.57 Å². The number of carboxylic acids is 2. The molecule has 2 aromatic heterocycles. The zero-order valence-corrected chi connectivity index (χ0v) is 13.8. The molecule has 0 aliphatic rings. The van der Waals surface area contributed by atoms with Gasteiger partial charge in [0.2, 0.25) is 11.7 Å². The molecule has 3 rings (SSSR count). The van der Waals surface area contributed by atoms with E-state index >= 15 is 0 Å². The van der Waals surface area contributed by atoms with E-state index in [1.165, 1.54) is 30.5 Å². The average Bonchev–Trinajstić information content (AvgIpc) is 2.95. The molecule has 9 nitrogen and oxygen atoms in total. The molecule has 1 amide bonds. The molecule has 0 bridgehead atoms. The SMILES string of the molecule is O=C(Cn1c(C(=O)O)nc2ccc(C(=O)O)cc21)Nc1ccc(Cl)cn1. The molecule has 3 aromatic rings. The Hall–Kier alpha value is -3.46. The summed E-state index contributed by atoms with van der Waals surface area (Å²) in [4.78, 5) is 42.7. The zero-order chi connectivity index (χ0) is 18.8. The predicted molar refractivity (Wildman–Crippen MR) is 91.5 cm³/mol. The van der Waals surface area contributed by atoms with Gasteiger partial charge in [-0.3, -0.25) is 4.79 Å². The first-order valence-corrected chi connectivity index (χ1v) is 7.61. The number of nitrogens with zero attached hydrogens (tertiary/aromatic N) is 3. The van der Waals surface area contributed by atoms with E-state index in [1.807, 2.05) is 0 Å². The fourth-order valence-electron chi connectivity index (χ4n) is 2.35. The van der Waals surface area contributed by atoms with Crippen molar-refractivity contribution in [3.05, 3.63) is 52.9 Å². The van der Waals surface area contributed by atoms with Crippen molar-refractivity contribution in [2.75, 3.05) is 5.32 Å². The minimum Gasteiger partial charge on any atom is -0.478 e. The second-order valence-corrected chi connectivity index (χ2v) is 5.68. The molecule has 1 aromatic carbocycles. The molecule has 10 heteroatoms. The lowest BCUT2D eigenvalue weighted by molar-refractivity contribution is -0.116. The first-order chi connectivity index (χ1) is 12.3. The van der Waals surface area contributed by atoms with Gasteiger partial charge < -0.3 is 20.1 Å². The number of imidazole rings is 1. The molecule has 0 spiro atoms. The number of carbonyl (C=O) groups excluding carboxylic acids is 1. The lowest BCUT2D eigenvalue weighted by Gasteiger charge is -2.08. The number of hydrogen-bond donors (Lipinski definition) is 3. The number of nitrogens with one attached hydrogen (secondary N) is 1. The highest BCUT2D eigenvalue weighted by molar-refractivity contribution is 6.30. The van der Waals surface area contributed by atoms with Gasteiger partial charge in [-0.05, 0) is 30.3 Å². The number of aromatic carboxylic acids is 2. The number of pyridine rings is 1. The summed E-state index contributed by atoms with van der Waals surface area (Å²) in [6.07, 6.45) is 1.35. The van der Waals surface area contributed by atoms with Crippen molar-refractivity contribution in [1.82, 2.24) is 14.5 Å². The molecule has 0 aliphatic heterocycles. The number of benzene rings is 1. The third-order valence-corrected chi connectivity index (χ3v) is 3.71. The van der Waals surface area contributed by atoms with Gasteiger partial charge in [0.15, 0.2) is 0 Å². The third kappa shape index (κ3) is 3.47. The Kier molecular flexibility index (Phi) is 4.55. The summed E-state index contributed by atoms with van der Waals surface area (Å²) >= 11 is 5.72. The van der Waals surface area contributed by atoms with Gasteiger partial charge in [-0.1, -0.05) is 11.6 Å². The van der Waals surface area contributed by atoms with Gasteiger partial charge in [0.1, 0.15) is 12.4 Å². The number of aromatic nitrogens is 3. The highest BCUT2D eigenvalue weighted by Gasteiger charge is 2.20. The lowest BCUT2D eigenvalue weighted by atomic mass is 10.2. The average molecular weight is 375 g/mol. The van der Waals surface area contributed by atoms with Crippen LogP contribution in [0.1, 0.15) is 21.0 Å². The van der Waals surface area contributed by atoms with E-state index in [1.54, 1.807) is 6.07 Å². The van der Waals surface area contributed by atoms with Crippen LogP contribution in [0.5, 0.6) is 0 Å². The van der Waals surface area contributed by atoms with Crippen molar-refractivity contribution in [3.63, 3.8) is 0 Å². The summed E-state index contributed by atoms with van der Waals surface area (Å²) < 4.78 is 1.13. The molecule has 0 unspecified atom stereocenters. The summed E-state index contributed by atoms with van der Waals surface area (Å²) in [6, 6.07) is 7.00. The largest absolute Gasteiger partial charge is 0.478 e. The molecule has 0 saturated heterocycles. The summed E-state index contributed by atoms with van der Waals surface area (Å²) in [6.45, 7) is -0.383. The first kappa shape index (κ1) is 17.4. The summed E-state index contributed by atoms with van der Waals surface area (Å²) in [7, 11) is 0. The molecule has 132 valence electrons. The number of carbonyl (C=O) groups is 3. The van der Waals surface area contributed by atoms with Gasteiger partial charge in [0.25, 0.3) is 0 Å². The minimum absolute atomic E-state index is 0.0460. The summed E-state index contributed by atoms with van der Waals surface area (Å²) in [5, 5.41) is 21.3. The van der Waals surface area contributed by atoms with E-state index < -0.39 is 17.8 Å². The van der Waals surface area contributed by atoms with Crippen LogP contribution in [-0.4, -0.2) is 42.6 Å². The van der Waals surface area contributed by atoms with Crippen LogP contribution < -0.4 is 5.32 Å². The number of rotatable bonds is 5. The third-order valence-electron chi connectivity index (χ3n) is 3.48. The van der Waals surface area contributed by atoms with Crippen molar-refractivity contribution < 1.29 is 24.6 Å². The van der Waals surface area contributed by atoms with Crippen molar-refractivity contribution in [1.29, 1.82) is 0 Å². The molecule has 26 heavy (non-hydrogen) atoms. The fourth-order valence-corrected chi connectivity index (χ4v) is 2.47. The van der Waals surface area contributed by atoms with Crippen LogP contribution in [-0.2, 0) is 11.3 Å². The Morgan fingerprint density at radius 2 is 1.88 bits per heavy atom. The monoisotopic (exact) mass is 374 g/mol. The number of fused-ring (bicyclic) bond motifs is 1. The first-order valence-electron chi connectivity index (χ1n) is 7.23. The van der Waals surface area contributed by atoms with E-state index in [4.69, 9.17) is 16.7 Å². The fraction of sp³-hybridized carbons (Fsp3) is 0.0625. The van der Waals surface area contributed by atoms with Crippen LogP contribution in [0, 0.1) is 0 Å².